The van der Waals surface area contributed by atoms with Gasteiger partial charge in [-0.2, -0.15) is 0 Å². The van der Waals surface area contributed by atoms with E-state index >= 15 is 0 Å². The second-order valence-corrected chi connectivity index (χ2v) is 5.54. The van der Waals surface area contributed by atoms with Crippen molar-refractivity contribution < 1.29 is 4.74 Å². The van der Waals surface area contributed by atoms with E-state index < -0.39 is 0 Å². The number of benzene rings is 1. The number of aliphatic imine (C=N–C) groups is 1. The van der Waals surface area contributed by atoms with Crippen molar-refractivity contribution in [3.8, 4) is 0 Å². The lowest BCUT2D eigenvalue weighted by Gasteiger charge is -2.15. The van der Waals surface area contributed by atoms with E-state index in [1.807, 2.05) is 13.8 Å². The molecule has 110 valence electrons. The highest BCUT2D eigenvalue weighted by Crippen LogP contribution is 2.10. The van der Waals surface area contributed by atoms with E-state index in [1.54, 1.807) is 0 Å². The van der Waals surface area contributed by atoms with Gasteiger partial charge in [0.15, 0.2) is 5.96 Å². The van der Waals surface area contributed by atoms with Crippen molar-refractivity contribution in [3.05, 3.63) is 35.4 Å². The van der Waals surface area contributed by atoms with E-state index in [0.29, 0.717) is 19.1 Å². The topological polar surface area (TPSA) is 50.9 Å². The predicted molar refractivity (Wildman–Crippen MR) is 82.5 cm³/mol. The van der Waals surface area contributed by atoms with Crippen LogP contribution >= 0.6 is 0 Å². The zero-order valence-electron chi connectivity index (χ0n) is 12.5. The number of likely N-dealkylation sites (tertiary alicyclic amines) is 1. The van der Waals surface area contributed by atoms with Crippen LogP contribution in [-0.2, 0) is 17.9 Å². The van der Waals surface area contributed by atoms with Crippen LogP contribution in [0.3, 0.4) is 0 Å². The third kappa shape index (κ3) is 4.53. The predicted octanol–water partition coefficient (Wildman–Crippen LogP) is 2.52. The Morgan fingerprint density at radius 2 is 1.80 bits per heavy atom. The summed E-state index contributed by atoms with van der Waals surface area (Å²) >= 11 is 0. The van der Waals surface area contributed by atoms with Gasteiger partial charge in [-0.1, -0.05) is 24.3 Å². The highest BCUT2D eigenvalue weighted by molar-refractivity contribution is 5.78. The number of ether oxygens (including phenoxy) is 1. The smallest absolute Gasteiger partial charge is 0.191 e. The van der Waals surface area contributed by atoms with Gasteiger partial charge in [-0.05, 0) is 37.8 Å². The summed E-state index contributed by atoms with van der Waals surface area (Å²) in [5.41, 5.74) is 8.37. The monoisotopic (exact) mass is 275 g/mol. The quantitative estimate of drug-likeness (QED) is 0.663. The van der Waals surface area contributed by atoms with Crippen molar-refractivity contribution in [1.29, 1.82) is 0 Å². The molecule has 1 fully saturated rings. The zero-order chi connectivity index (χ0) is 14.4. The molecule has 1 aromatic rings. The van der Waals surface area contributed by atoms with Gasteiger partial charge in [0.2, 0.25) is 0 Å². The molecule has 0 bridgehead atoms. The van der Waals surface area contributed by atoms with E-state index in [1.165, 1.54) is 24.0 Å². The standard InChI is InChI=1S/C16H25N3O/c1-13(2)20-12-15-7-5-14(6-8-15)11-18-16(17)19-9-3-4-10-19/h5-8,13H,3-4,9-12H2,1-2H3,(H2,17,18). The normalized spacial score (nSPS) is 16.1. The molecule has 4 nitrogen and oxygen atoms in total. The SMILES string of the molecule is CC(C)OCc1ccc(CN=C(N)N2CCCC2)cc1. The first-order chi connectivity index (χ1) is 9.65. The van der Waals surface area contributed by atoms with Gasteiger partial charge in [0, 0.05) is 13.1 Å². The molecule has 0 unspecified atom stereocenters. The third-order valence-electron chi connectivity index (χ3n) is 3.46. The molecule has 2 N–H and O–H groups in total. The maximum Gasteiger partial charge on any atom is 0.191 e. The summed E-state index contributed by atoms with van der Waals surface area (Å²) in [5, 5.41) is 0. The molecule has 2 rings (SSSR count). The Labute approximate surface area is 121 Å². The molecular weight excluding hydrogens is 250 g/mol. The Kier molecular flexibility index (Phi) is 5.41. The highest BCUT2D eigenvalue weighted by atomic mass is 16.5. The van der Waals surface area contributed by atoms with E-state index in [4.69, 9.17) is 10.5 Å². The van der Waals surface area contributed by atoms with Gasteiger partial charge in [-0.3, -0.25) is 0 Å². The van der Waals surface area contributed by atoms with Crippen molar-refractivity contribution in [1.82, 2.24) is 4.90 Å². The molecule has 0 amide bonds. The van der Waals surface area contributed by atoms with Crippen molar-refractivity contribution >= 4 is 5.96 Å². The molecule has 20 heavy (non-hydrogen) atoms. The second-order valence-electron chi connectivity index (χ2n) is 5.54. The molecule has 0 aromatic heterocycles. The lowest BCUT2D eigenvalue weighted by Crippen LogP contribution is -2.34. The van der Waals surface area contributed by atoms with Crippen LogP contribution in [0.2, 0.25) is 0 Å². The molecular formula is C16H25N3O. The van der Waals surface area contributed by atoms with Gasteiger partial charge in [0.05, 0.1) is 19.3 Å². The molecule has 1 saturated heterocycles. The molecule has 0 atom stereocenters. The summed E-state index contributed by atoms with van der Waals surface area (Å²) < 4.78 is 5.58. The Balaban J connectivity index is 1.85. The molecule has 1 aliphatic heterocycles. The van der Waals surface area contributed by atoms with Gasteiger partial charge in [0.1, 0.15) is 0 Å². The molecule has 1 heterocycles. The first-order valence-corrected chi connectivity index (χ1v) is 7.39. The largest absolute Gasteiger partial charge is 0.374 e. The lowest BCUT2D eigenvalue weighted by molar-refractivity contribution is 0.0657. The van der Waals surface area contributed by atoms with Gasteiger partial charge in [0.25, 0.3) is 0 Å². The fraction of sp³-hybridized carbons (Fsp3) is 0.562. The molecule has 0 spiro atoms. The number of hydrogen-bond donors (Lipinski definition) is 1. The summed E-state index contributed by atoms with van der Waals surface area (Å²) in [6.07, 6.45) is 2.71. The van der Waals surface area contributed by atoms with E-state index in [-0.39, 0.29) is 6.10 Å². The molecule has 1 aliphatic rings. The van der Waals surface area contributed by atoms with E-state index in [9.17, 15) is 0 Å². The van der Waals surface area contributed by atoms with E-state index in [0.717, 1.165) is 13.1 Å². The Morgan fingerprint density at radius 3 is 2.40 bits per heavy atom. The molecule has 0 radical (unpaired) electrons. The third-order valence-corrected chi connectivity index (χ3v) is 3.46. The number of guanidine groups is 1. The van der Waals surface area contributed by atoms with Crippen LogP contribution in [0.1, 0.15) is 37.8 Å². The zero-order valence-corrected chi connectivity index (χ0v) is 12.5. The van der Waals surface area contributed by atoms with Crippen LogP contribution in [0.4, 0.5) is 0 Å². The average molecular weight is 275 g/mol. The van der Waals surface area contributed by atoms with Crippen LogP contribution in [0.15, 0.2) is 29.3 Å². The Bertz CT molecular complexity index is 434. The fourth-order valence-corrected chi connectivity index (χ4v) is 2.22. The van der Waals surface area contributed by atoms with Crippen LogP contribution < -0.4 is 5.73 Å². The number of nitrogens with zero attached hydrogens (tertiary/aromatic N) is 2. The fourth-order valence-electron chi connectivity index (χ4n) is 2.22. The van der Waals surface area contributed by atoms with Crippen LogP contribution in [0.5, 0.6) is 0 Å². The summed E-state index contributed by atoms with van der Waals surface area (Å²) in [4.78, 5) is 6.63. The molecule has 0 aliphatic carbocycles. The van der Waals surface area contributed by atoms with Crippen molar-refractivity contribution in [2.75, 3.05) is 13.1 Å². The maximum absolute atomic E-state index is 5.99. The van der Waals surface area contributed by atoms with Gasteiger partial charge in [-0.25, -0.2) is 4.99 Å². The van der Waals surface area contributed by atoms with Crippen molar-refractivity contribution in [2.24, 2.45) is 10.7 Å². The van der Waals surface area contributed by atoms with Crippen LogP contribution in [0, 0.1) is 0 Å². The summed E-state index contributed by atoms with van der Waals surface area (Å²) in [6.45, 7) is 7.49. The van der Waals surface area contributed by atoms with Gasteiger partial charge in [-0.15, -0.1) is 0 Å². The summed E-state index contributed by atoms with van der Waals surface area (Å²) in [6, 6.07) is 8.39. The minimum Gasteiger partial charge on any atom is -0.374 e. The first kappa shape index (κ1) is 14.9. The first-order valence-electron chi connectivity index (χ1n) is 7.39. The summed E-state index contributed by atoms with van der Waals surface area (Å²) in [5.74, 6) is 0.676. The Hall–Kier alpha value is -1.55. The van der Waals surface area contributed by atoms with Gasteiger partial charge >= 0.3 is 0 Å². The number of nitrogens with two attached hydrogens (primary N) is 1. The second kappa shape index (κ2) is 7.29. The average Bonchev–Trinajstić information content (AvgIpc) is 2.98. The maximum atomic E-state index is 5.99. The summed E-state index contributed by atoms with van der Waals surface area (Å²) in [7, 11) is 0. The number of hydrogen-bond acceptors (Lipinski definition) is 2. The molecule has 1 aromatic carbocycles. The molecule has 0 saturated carbocycles. The Morgan fingerprint density at radius 1 is 1.20 bits per heavy atom. The van der Waals surface area contributed by atoms with E-state index in [2.05, 4.69) is 34.2 Å². The van der Waals surface area contributed by atoms with Crippen molar-refractivity contribution in [3.63, 3.8) is 0 Å². The lowest BCUT2D eigenvalue weighted by atomic mass is 10.1. The van der Waals surface area contributed by atoms with Crippen LogP contribution in [-0.4, -0.2) is 30.1 Å². The van der Waals surface area contributed by atoms with Crippen molar-refractivity contribution in [2.45, 2.75) is 45.9 Å². The highest BCUT2D eigenvalue weighted by Gasteiger charge is 2.12. The molecule has 4 heteroatoms. The minimum atomic E-state index is 0.263. The van der Waals surface area contributed by atoms with Gasteiger partial charge < -0.3 is 15.4 Å². The number of rotatable bonds is 5. The minimum absolute atomic E-state index is 0.263. The van der Waals surface area contributed by atoms with Crippen LogP contribution in [0.25, 0.3) is 0 Å².